The molecule has 1 aliphatic heterocycles. The lowest BCUT2D eigenvalue weighted by Gasteiger charge is -2.34. The lowest BCUT2D eigenvalue weighted by Crippen LogP contribution is -2.46. The fourth-order valence-corrected chi connectivity index (χ4v) is 2.62. The summed E-state index contributed by atoms with van der Waals surface area (Å²) in [5, 5.41) is 2.88. The number of ether oxygens (including phenoxy) is 1. The molecule has 1 aromatic carbocycles. The zero-order chi connectivity index (χ0) is 17.1. The highest BCUT2D eigenvalue weighted by atomic mass is 16.5. The third-order valence-corrected chi connectivity index (χ3v) is 3.59. The van der Waals surface area contributed by atoms with Gasteiger partial charge in [0.1, 0.15) is 5.75 Å². The molecule has 5 nitrogen and oxygen atoms in total. The number of nitrogens with zero attached hydrogens (tertiary/aromatic N) is 1. The molecule has 0 radical (unpaired) electrons. The minimum atomic E-state index is -0.511. The highest BCUT2D eigenvalue weighted by Gasteiger charge is 2.31. The van der Waals surface area contributed by atoms with Gasteiger partial charge >= 0.3 is 0 Å². The summed E-state index contributed by atoms with van der Waals surface area (Å²) in [6, 6.07) is 5.45. The maximum Gasteiger partial charge on any atom is 0.267 e. The molecule has 1 atom stereocenters. The van der Waals surface area contributed by atoms with E-state index < -0.39 is 6.10 Å². The second-order valence-electron chi connectivity index (χ2n) is 6.93. The monoisotopic (exact) mass is 318 g/mol. The maximum absolute atomic E-state index is 12.3. The van der Waals surface area contributed by atoms with Crippen LogP contribution in [0, 0.1) is 11.8 Å². The van der Waals surface area contributed by atoms with Crippen LogP contribution in [-0.4, -0.2) is 24.5 Å². The van der Waals surface area contributed by atoms with Crippen LogP contribution in [0.1, 0.15) is 41.0 Å². The van der Waals surface area contributed by atoms with Crippen molar-refractivity contribution in [2.45, 2.75) is 47.1 Å². The molecule has 0 fully saturated rings. The molecular formula is C18H26N2O3. The first-order valence-corrected chi connectivity index (χ1v) is 8.20. The van der Waals surface area contributed by atoms with Gasteiger partial charge in [0.25, 0.3) is 5.91 Å². The lowest BCUT2D eigenvalue weighted by atomic mass is 10.1. The molecule has 2 amide bonds. The smallest absolute Gasteiger partial charge is 0.267 e. The summed E-state index contributed by atoms with van der Waals surface area (Å²) >= 11 is 0. The molecule has 0 aliphatic carbocycles. The van der Waals surface area contributed by atoms with Gasteiger partial charge in [-0.3, -0.25) is 9.59 Å². The van der Waals surface area contributed by atoms with E-state index in [1.807, 2.05) is 26.0 Å². The number of fused-ring (bicyclic) bond motifs is 1. The molecule has 1 aromatic rings. The van der Waals surface area contributed by atoms with Gasteiger partial charge in [-0.25, -0.2) is 0 Å². The van der Waals surface area contributed by atoms with Gasteiger partial charge < -0.3 is 15.0 Å². The van der Waals surface area contributed by atoms with Gasteiger partial charge in [-0.15, -0.1) is 0 Å². The second-order valence-corrected chi connectivity index (χ2v) is 6.93. The molecule has 1 N–H and O–H groups in total. The predicted octanol–water partition coefficient (Wildman–Crippen LogP) is 3.44. The van der Waals surface area contributed by atoms with E-state index in [2.05, 4.69) is 19.2 Å². The zero-order valence-electron chi connectivity index (χ0n) is 14.6. The van der Waals surface area contributed by atoms with Crippen LogP contribution in [-0.2, 0) is 9.59 Å². The van der Waals surface area contributed by atoms with E-state index in [-0.39, 0.29) is 11.8 Å². The van der Waals surface area contributed by atoms with Crippen LogP contribution in [0.2, 0.25) is 0 Å². The van der Waals surface area contributed by atoms with E-state index in [0.717, 1.165) is 5.69 Å². The van der Waals surface area contributed by atoms with Gasteiger partial charge in [0.15, 0.2) is 6.10 Å². The van der Waals surface area contributed by atoms with Crippen molar-refractivity contribution in [3.63, 3.8) is 0 Å². The Morgan fingerprint density at radius 1 is 1.26 bits per heavy atom. The van der Waals surface area contributed by atoms with E-state index >= 15 is 0 Å². The van der Waals surface area contributed by atoms with E-state index in [9.17, 15) is 9.59 Å². The third kappa shape index (κ3) is 4.24. The van der Waals surface area contributed by atoms with Crippen molar-refractivity contribution in [3.05, 3.63) is 18.2 Å². The molecule has 0 spiro atoms. The lowest BCUT2D eigenvalue weighted by molar-refractivity contribution is -0.125. The molecule has 0 aromatic heterocycles. The van der Waals surface area contributed by atoms with Crippen molar-refractivity contribution in [3.8, 4) is 5.75 Å². The van der Waals surface area contributed by atoms with Crippen molar-refractivity contribution in [1.82, 2.24) is 0 Å². The van der Waals surface area contributed by atoms with E-state index in [1.165, 1.54) is 0 Å². The molecular weight excluding hydrogens is 292 g/mol. The number of amides is 2. The van der Waals surface area contributed by atoms with Crippen LogP contribution in [0.4, 0.5) is 11.4 Å². The SMILES string of the molecule is CC(C)CC(=O)Nc1ccc2c(c1)OC(C)C(=O)N2CC(C)C. The Morgan fingerprint density at radius 2 is 1.96 bits per heavy atom. The molecule has 0 saturated carbocycles. The Hall–Kier alpha value is -2.04. The Labute approximate surface area is 138 Å². The number of nitrogens with one attached hydrogen (secondary N) is 1. The maximum atomic E-state index is 12.3. The van der Waals surface area contributed by atoms with E-state index in [0.29, 0.717) is 36.2 Å². The summed E-state index contributed by atoms with van der Waals surface area (Å²) in [5.74, 6) is 1.27. The van der Waals surface area contributed by atoms with Crippen LogP contribution in [0.3, 0.4) is 0 Å². The zero-order valence-corrected chi connectivity index (χ0v) is 14.6. The molecule has 2 rings (SSSR count). The normalized spacial score (nSPS) is 17.3. The highest BCUT2D eigenvalue weighted by Crippen LogP contribution is 2.36. The van der Waals surface area contributed by atoms with Crippen LogP contribution in [0.5, 0.6) is 5.75 Å². The molecule has 5 heteroatoms. The number of carbonyl (C=O) groups is 2. The molecule has 0 saturated heterocycles. The van der Waals surface area contributed by atoms with Crippen molar-refractivity contribution >= 4 is 23.2 Å². The van der Waals surface area contributed by atoms with Crippen LogP contribution >= 0.6 is 0 Å². The van der Waals surface area contributed by atoms with E-state index in [4.69, 9.17) is 4.74 Å². The average Bonchev–Trinajstić information content (AvgIpc) is 2.42. The topological polar surface area (TPSA) is 58.6 Å². The number of benzene rings is 1. The molecule has 1 aliphatic rings. The van der Waals surface area contributed by atoms with Gasteiger partial charge in [-0.05, 0) is 30.9 Å². The van der Waals surface area contributed by atoms with Crippen LogP contribution < -0.4 is 15.0 Å². The van der Waals surface area contributed by atoms with Gasteiger partial charge in [0.05, 0.1) is 5.69 Å². The van der Waals surface area contributed by atoms with Gasteiger partial charge in [-0.1, -0.05) is 27.7 Å². The van der Waals surface area contributed by atoms with Crippen LogP contribution in [0.25, 0.3) is 0 Å². The minimum absolute atomic E-state index is 0.0149. The fraction of sp³-hybridized carbons (Fsp3) is 0.556. The number of rotatable bonds is 5. The van der Waals surface area contributed by atoms with Gasteiger partial charge in [-0.2, -0.15) is 0 Å². The Kier molecular flexibility index (Phi) is 5.29. The number of anilines is 2. The summed E-state index contributed by atoms with van der Waals surface area (Å²) in [6.45, 7) is 10.6. The quantitative estimate of drug-likeness (QED) is 0.904. The van der Waals surface area contributed by atoms with E-state index in [1.54, 1.807) is 17.9 Å². The molecule has 23 heavy (non-hydrogen) atoms. The standard InChI is InChI=1S/C18H26N2O3/c1-11(2)8-17(21)19-14-6-7-15-16(9-14)23-13(5)18(22)20(15)10-12(3)4/h6-7,9,11-13H,8,10H2,1-5H3,(H,19,21). The molecule has 1 unspecified atom stereocenters. The summed E-state index contributed by atoms with van der Waals surface area (Å²) in [5.41, 5.74) is 1.46. The van der Waals surface area contributed by atoms with Crippen molar-refractivity contribution in [1.29, 1.82) is 0 Å². The first kappa shape index (κ1) is 17.3. The first-order valence-electron chi connectivity index (χ1n) is 8.20. The number of hydrogen-bond donors (Lipinski definition) is 1. The predicted molar refractivity (Wildman–Crippen MR) is 91.8 cm³/mol. The Bertz CT molecular complexity index is 596. The Morgan fingerprint density at radius 3 is 2.57 bits per heavy atom. The van der Waals surface area contributed by atoms with Crippen LogP contribution in [0.15, 0.2) is 18.2 Å². The minimum Gasteiger partial charge on any atom is -0.479 e. The summed E-state index contributed by atoms with van der Waals surface area (Å²) in [7, 11) is 0. The van der Waals surface area contributed by atoms with Crippen molar-refractivity contribution in [2.75, 3.05) is 16.8 Å². The first-order chi connectivity index (χ1) is 10.8. The number of carbonyl (C=O) groups excluding carboxylic acids is 2. The van der Waals surface area contributed by atoms with Crippen molar-refractivity contribution < 1.29 is 14.3 Å². The van der Waals surface area contributed by atoms with Crippen molar-refractivity contribution in [2.24, 2.45) is 11.8 Å². The summed E-state index contributed by atoms with van der Waals surface area (Å²) in [4.78, 5) is 26.0. The Balaban J connectivity index is 2.23. The molecule has 1 heterocycles. The largest absolute Gasteiger partial charge is 0.479 e. The van der Waals surface area contributed by atoms with Gasteiger partial charge in [0.2, 0.25) is 5.91 Å². The average molecular weight is 318 g/mol. The summed E-state index contributed by atoms with van der Waals surface area (Å²) < 4.78 is 5.72. The number of hydrogen-bond acceptors (Lipinski definition) is 3. The second kappa shape index (κ2) is 7.02. The molecule has 0 bridgehead atoms. The third-order valence-electron chi connectivity index (χ3n) is 3.59. The van der Waals surface area contributed by atoms with Gasteiger partial charge in [0, 0.05) is 24.7 Å². The fourth-order valence-electron chi connectivity index (χ4n) is 2.62. The molecule has 126 valence electrons. The highest BCUT2D eigenvalue weighted by molar-refractivity contribution is 6.00. The summed E-state index contributed by atoms with van der Waals surface area (Å²) in [6.07, 6.45) is -0.0328.